The van der Waals surface area contributed by atoms with Crippen LogP contribution in [-0.4, -0.2) is 36.3 Å². The van der Waals surface area contributed by atoms with E-state index in [0.717, 1.165) is 11.1 Å². The number of nitrogens with one attached hydrogen (secondary N) is 1. The molecular formula is C21H24Cl2N2O2. The second-order valence-electron chi connectivity index (χ2n) is 6.29. The zero-order chi connectivity index (χ0) is 19.8. The lowest BCUT2D eigenvalue weighted by Crippen LogP contribution is -2.49. The van der Waals surface area contributed by atoms with E-state index in [-0.39, 0.29) is 18.2 Å². The molecule has 1 N–H and O–H groups in total. The molecule has 144 valence electrons. The highest BCUT2D eigenvalue weighted by Crippen LogP contribution is 2.23. The molecule has 2 amide bonds. The van der Waals surface area contributed by atoms with Gasteiger partial charge in [-0.05, 0) is 36.1 Å². The molecule has 2 rings (SSSR count). The Morgan fingerprint density at radius 1 is 1.04 bits per heavy atom. The van der Waals surface area contributed by atoms with Crippen LogP contribution in [-0.2, 0) is 22.4 Å². The summed E-state index contributed by atoms with van der Waals surface area (Å²) in [6, 6.07) is 14.6. The highest BCUT2D eigenvalue weighted by molar-refractivity contribution is 6.42. The number of halogens is 2. The second kappa shape index (κ2) is 10.3. The van der Waals surface area contributed by atoms with Crippen LogP contribution in [0.3, 0.4) is 0 Å². The summed E-state index contributed by atoms with van der Waals surface area (Å²) >= 11 is 12.0. The molecule has 0 heterocycles. The maximum absolute atomic E-state index is 13.0. The first-order valence-corrected chi connectivity index (χ1v) is 9.70. The summed E-state index contributed by atoms with van der Waals surface area (Å²) in [5, 5.41) is 3.52. The highest BCUT2D eigenvalue weighted by Gasteiger charge is 2.27. The lowest BCUT2D eigenvalue weighted by atomic mass is 10.1. The van der Waals surface area contributed by atoms with Crippen LogP contribution in [0.15, 0.2) is 48.5 Å². The summed E-state index contributed by atoms with van der Waals surface area (Å²) in [5.74, 6) is -0.271. The SMILES string of the molecule is CC[C@@H](C(=O)NC)N(CCc1ccccc1)C(=O)Cc1ccc(Cl)c(Cl)c1. The molecule has 2 aromatic carbocycles. The predicted molar refractivity (Wildman–Crippen MR) is 110 cm³/mol. The molecule has 0 aromatic heterocycles. The highest BCUT2D eigenvalue weighted by atomic mass is 35.5. The second-order valence-corrected chi connectivity index (χ2v) is 7.10. The van der Waals surface area contributed by atoms with Crippen molar-refractivity contribution < 1.29 is 9.59 Å². The van der Waals surface area contributed by atoms with Crippen molar-refractivity contribution in [3.05, 3.63) is 69.7 Å². The van der Waals surface area contributed by atoms with Gasteiger partial charge in [-0.2, -0.15) is 0 Å². The molecule has 6 heteroatoms. The molecule has 27 heavy (non-hydrogen) atoms. The van der Waals surface area contributed by atoms with E-state index in [1.54, 1.807) is 30.1 Å². The van der Waals surface area contributed by atoms with Crippen molar-refractivity contribution in [3.8, 4) is 0 Å². The van der Waals surface area contributed by atoms with E-state index in [2.05, 4.69) is 5.32 Å². The third-order valence-electron chi connectivity index (χ3n) is 4.46. The van der Waals surface area contributed by atoms with Gasteiger partial charge in [-0.15, -0.1) is 0 Å². The Bertz CT molecular complexity index is 781. The minimum Gasteiger partial charge on any atom is -0.357 e. The number of carbonyl (C=O) groups is 2. The summed E-state index contributed by atoms with van der Waals surface area (Å²) in [7, 11) is 1.59. The molecule has 0 aliphatic heterocycles. The van der Waals surface area contributed by atoms with Gasteiger partial charge in [0, 0.05) is 13.6 Å². The molecular weight excluding hydrogens is 383 g/mol. The maximum atomic E-state index is 13.0. The Kier molecular flexibility index (Phi) is 8.14. The van der Waals surface area contributed by atoms with E-state index in [1.807, 2.05) is 37.3 Å². The molecule has 4 nitrogen and oxygen atoms in total. The fourth-order valence-corrected chi connectivity index (χ4v) is 3.31. The molecule has 0 aliphatic carbocycles. The van der Waals surface area contributed by atoms with Crippen molar-refractivity contribution >= 4 is 35.0 Å². The number of nitrogens with zero attached hydrogens (tertiary/aromatic N) is 1. The number of rotatable bonds is 8. The molecule has 0 radical (unpaired) electrons. The first kappa shape index (κ1) is 21.3. The minimum absolute atomic E-state index is 0.111. The molecule has 0 saturated carbocycles. The zero-order valence-electron chi connectivity index (χ0n) is 15.5. The molecule has 0 aliphatic rings. The molecule has 2 aromatic rings. The molecule has 0 saturated heterocycles. The summed E-state index contributed by atoms with van der Waals surface area (Å²) in [6.45, 7) is 2.37. The number of hydrogen-bond donors (Lipinski definition) is 1. The van der Waals surface area contributed by atoms with E-state index in [1.165, 1.54) is 0 Å². The summed E-state index contributed by atoms with van der Waals surface area (Å²) < 4.78 is 0. The third-order valence-corrected chi connectivity index (χ3v) is 5.19. The van der Waals surface area contributed by atoms with Crippen LogP contribution in [0.2, 0.25) is 10.0 Å². The largest absolute Gasteiger partial charge is 0.357 e. The van der Waals surface area contributed by atoms with Gasteiger partial charge in [0.15, 0.2) is 0 Å². The Morgan fingerprint density at radius 2 is 1.74 bits per heavy atom. The van der Waals surface area contributed by atoms with Crippen LogP contribution in [0.5, 0.6) is 0 Å². The first-order valence-electron chi connectivity index (χ1n) is 8.95. The average Bonchev–Trinajstić information content (AvgIpc) is 2.68. The summed E-state index contributed by atoms with van der Waals surface area (Å²) in [4.78, 5) is 27.0. The number of benzene rings is 2. The van der Waals surface area contributed by atoms with Crippen molar-refractivity contribution in [2.45, 2.75) is 32.2 Å². The standard InChI is InChI=1S/C21H24Cl2N2O2/c1-3-19(21(27)24-2)25(12-11-15-7-5-4-6-8-15)20(26)14-16-9-10-17(22)18(23)13-16/h4-10,13,19H,3,11-12,14H2,1-2H3,(H,24,27)/t19-/m0/s1. The van der Waals surface area contributed by atoms with Crippen molar-refractivity contribution in [2.75, 3.05) is 13.6 Å². The zero-order valence-corrected chi connectivity index (χ0v) is 17.1. The van der Waals surface area contributed by atoms with E-state index in [4.69, 9.17) is 23.2 Å². The molecule has 1 atom stereocenters. The van der Waals surface area contributed by atoms with Gasteiger partial charge in [-0.3, -0.25) is 9.59 Å². The van der Waals surface area contributed by atoms with Crippen molar-refractivity contribution in [1.82, 2.24) is 10.2 Å². The van der Waals surface area contributed by atoms with Crippen molar-refractivity contribution in [1.29, 1.82) is 0 Å². The van der Waals surface area contributed by atoms with Crippen molar-refractivity contribution in [3.63, 3.8) is 0 Å². The smallest absolute Gasteiger partial charge is 0.242 e. The lowest BCUT2D eigenvalue weighted by Gasteiger charge is -2.30. The summed E-state index contributed by atoms with van der Waals surface area (Å²) in [6.07, 6.45) is 1.39. The molecule has 0 spiro atoms. The Labute approximate surface area is 170 Å². The number of hydrogen-bond acceptors (Lipinski definition) is 2. The van der Waals surface area contributed by atoms with Crippen LogP contribution in [0.25, 0.3) is 0 Å². The van der Waals surface area contributed by atoms with Gasteiger partial charge < -0.3 is 10.2 Å². The normalized spacial score (nSPS) is 11.7. The Hall–Kier alpha value is -2.04. The van der Waals surface area contributed by atoms with Crippen LogP contribution >= 0.6 is 23.2 Å². The van der Waals surface area contributed by atoms with E-state index in [9.17, 15) is 9.59 Å². The average molecular weight is 407 g/mol. The van der Waals surface area contributed by atoms with Gasteiger partial charge in [0.2, 0.25) is 11.8 Å². The van der Waals surface area contributed by atoms with Crippen molar-refractivity contribution in [2.24, 2.45) is 0 Å². The van der Waals surface area contributed by atoms with E-state index >= 15 is 0 Å². The van der Waals surface area contributed by atoms with Crippen LogP contribution in [0, 0.1) is 0 Å². The quantitative estimate of drug-likeness (QED) is 0.716. The van der Waals surface area contributed by atoms with Gasteiger partial charge in [0.1, 0.15) is 6.04 Å². The van der Waals surface area contributed by atoms with Gasteiger partial charge in [-0.1, -0.05) is 66.5 Å². The van der Waals surface area contributed by atoms with Gasteiger partial charge >= 0.3 is 0 Å². The molecule has 0 bridgehead atoms. The van der Waals surface area contributed by atoms with Crippen LogP contribution in [0.1, 0.15) is 24.5 Å². The lowest BCUT2D eigenvalue weighted by molar-refractivity contribution is -0.140. The topological polar surface area (TPSA) is 49.4 Å². The minimum atomic E-state index is -0.506. The monoisotopic (exact) mass is 406 g/mol. The van der Waals surface area contributed by atoms with Gasteiger partial charge in [0.25, 0.3) is 0 Å². The Balaban J connectivity index is 2.19. The fourth-order valence-electron chi connectivity index (χ4n) is 2.99. The molecule has 0 fully saturated rings. The predicted octanol–water partition coefficient (Wildman–Crippen LogP) is 4.13. The number of likely N-dealkylation sites (N-methyl/N-ethyl adjacent to an activating group) is 1. The van der Waals surface area contributed by atoms with E-state index in [0.29, 0.717) is 29.4 Å². The number of carbonyl (C=O) groups excluding carboxylic acids is 2. The van der Waals surface area contributed by atoms with Crippen LogP contribution < -0.4 is 5.32 Å². The van der Waals surface area contributed by atoms with E-state index < -0.39 is 6.04 Å². The maximum Gasteiger partial charge on any atom is 0.242 e. The molecule has 0 unspecified atom stereocenters. The van der Waals surface area contributed by atoms with Gasteiger partial charge in [0.05, 0.1) is 16.5 Å². The third kappa shape index (κ3) is 5.98. The summed E-state index contributed by atoms with van der Waals surface area (Å²) in [5.41, 5.74) is 1.89. The number of amides is 2. The fraction of sp³-hybridized carbons (Fsp3) is 0.333. The van der Waals surface area contributed by atoms with Crippen LogP contribution in [0.4, 0.5) is 0 Å². The first-order chi connectivity index (χ1) is 13.0. The van der Waals surface area contributed by atoms with Gasteiger partial charge in [-0.25, -0.2) is 0 Å². The Morgan fingerprint density at radius 3 is 2.33 bits per heavy atom.